The summed E-state index contributed by atoms with van der Waals surface area (Å²) in [5.41, 5.74) is 4.87. The molecular formula is C34H35FN4O5. The molecule has 1 aromatic carbocycles. The predicted octanol–water partition coefficient (Wildman–Crippen LogP) is 3.77. The highest BCUT2D eigenvalue weighted by molar-refractivity contribution is 5.81. The lowest BCUT2D eigenvalue weighted by Crippen LogP contribution is -2.52. The highest BCUT2D eigenvalue weighted by Crippen LogP contribution is 2.27. The van der Waals surface area contributed by atoms with Crippen molar-refractivity contribution in [2.24, 2.45) is 11.8 Å². The zero-order valence-corrected chi connectivity index (χ0v) is 24.5. The van der Waals surface area contributed by atoms with Gasteiger partial charge in [0.15, 0.2) is 0 Å². The largest absolute Gasteiger partial charge is 0.481 e. The second kappa shape index (κ2) is 13.1. The second-order valence-electron chi connectivity index (χ2n) is 11.5. The summed E-state index contributed by atoms with van der Waals surface area (Å²) in [5, 5.41) is 11.2. The van der Waals surface area contributed by atoms with Gasteiger partial charge in [-0.3, -0.25) is 19.1 Å². The van der Waals surface area contributed by atoms with Gasteiger partial charge in [-0.15, -0.1) is 5.48 Å². The number of nitrogens with one attached hydrogen (secondary N) is 1. The summed E-state index contributed by atoms with van der Waals surface area (Å²) in [5.74, 6) is 0.0504. The maximum atomic E-state index is 13.9. The molecule has 2 aromatic heterocycles. The lowest BCUT2D eigenvalue weighted by Gasteiger charge is -2.26. The van der Waals surface area contributed by atoms with Crippen molar-refractivity contribution in [3.05, 3.63) is 105 Å². The molecule has 3 heterocycles. The summed E-state index contributed by atoms with van der Waals surface area (Å²) in [6, 6.07) is 9.47. The molecule has 6 rings (SSSR count). The van der Waals surface area contributed by atoms with E-state index in [2.05, 4.69) is 17.4 Å². The van der Waals surface area contributed by atoms with Crippen LogP contribution in [0.5, 0.6) is 0 Å². The number of carboxylic acids is 1. The Hall–Kier alpha value is -4.41. The number of benzene rings is 1. The van der Waals surface area contributed by atoms with E-state index in [0.717, 1.165) is 16.5 Å². The van der Waals surface area contributed by atoms with Crippen LogP contribution in [0.3, 0.4) is 0 Å². The molecule has 4 atom stereocenters. The van der Waals surface area contributed by atoms with Gasteiger partial charge in [0.05, 0.1) is 34.8 Å². The molecule has 2 aliphatic carbocycles. The fraction of sp³-hybridized carbons (Fsp3) is 0.353. The van der Waals surface area contributed by atoms with E-state index in [0.29, 0.717) is 61.0 Å². The number of hydrogen-bond acceptors (Lipinski definition) is 7. The van der Waals surface area contributed by atoms with Crippen molar-refractivity contribution in [1.29, 1.82) is 0 Å². The molecule has 0 saturated carbocycles. The second-order valence-corrected chi connectivity index (χ2v) is 11.5. The number of carbonyl (C=O) groups is 1. The summed E-state index contributed by atoms with van der Waals surface area (Å²) in [6.07, 6.45) is 14.2. The number of carboxylic acid groups (broad SMARTS) is 1. The van der Waals surface area contributed by atoms with E-state index in [-0.39, 0.29) is 41.7 Å². The van der Waals surface area contributed by atoms with Crippen LogP contribution in [0.2, 0.25) is 0 Å². The predicted molar refractivity (Wildman–Crippen MR) is 164 cm³/mol. The first-order valence-electron chi connectivity index (χ1n) is 15.0. The molecule has 0 radical (unpaired) electrons. The number of ether oxygens (including phenoxy) is 1. The molecule has 10 heteroatoms. The van der Waals surface area contributed by atoms with Crippen LogP contribution >= 0.6 is 0 Å². The van der Waals surface area contributed by atoms with Crippen molar-refractivity contribution < 1.29 is 23.9 Å². The monoisotopic (exact) mass is 598 g/mol. The van der Waals surface area contributed by atoms with E-state index in [1.807, 2.05) is 48.6 Å². The molecule has 2 N–H and O–H groups in total. The highest BCUT2D eigenvalue weighted by atomic mass is 19.1. The third-order valence-electron chi connectivity index (χ3n) is 8.37. The Labute approximate surface area is 253 Å². The van der Waals surface area contributed by atoms with Gasteiger partial charge in [-0.05, 0) is 49.5 Å². The SMILES string of the molecule is CC1C=c2c(nc(CCCCC(=O)O)n(C3C=CC(F)=CC3)c2=O)=CC1C1C=C(COCc2cccc3cccnc23)ON1. The maximum Gasteiger partial charge on any atom is 0.303 e. The summed E-state index contributed by atoms with van der Waals surface area (Å²) >= 11 is 0. The van der Waals surface area contributed by atoms with Crippen LogP contribution in [0.25, 0.3) is 23.1 Å². The Morgan fingerprint density at radius 1 is 1.18 bits per heavy atom. The van der Waals surface area contributed by atoms with Gasteiger partial charge in [0.25, 0.3) is 5.56 Å². The minimum atomic E-state index is -0.856. The first-order chi connectivity index (χ1) is 21.4. The molecule has 0 amide bonds. The lowest BCUT2D eigenvalue weighted by atomic mass is 9.84. The third-order valence-corrected chi connectivity index (χ3v) is 8.37. The van der Waals surface area contributed by atoms with E-state index >= 15 is 0 Å². The summed E-state index contributed by atoms with van der Waals surface area (Å²) in [7, 11) is 0. The van der Waals surface area contributed by atoms with Gasteiger partial charge < -0.3 is 14.7 Å². The maximum absolute atomic E-state index is 13.9. The first kappa shape index (κ1) is 29.7. The molecule has 0 fully saturated rings. The molecule has 4 unspecified atom stereocenters. The zero-order chi connectivity index (χ0) is 30.6. The Balaban J connectivity index is 1.21. The highest BCUT2D eigenvalue weighted by Gasteiger charge is 2.31. The number of rotatable bonds is 11. The normalized spacial score (nSPS) is 22.4. The Bertz CT molecular complexity index is 1840. The minimum Gasteiger partial charge on any atom is -0.481 e. The van der Waals surface area contributed by atoms with Crippen molar-refractivity contribution in [2.75, 3.05) is 6.61 Å². The molecule has 0 spiro atoms. The topological polar surface area (TPSA) is 116 Å². The number of para-hydroxylation sites is 1. The van der Waals surface area contributed by atoms with Gasteiger partial charge >= 0.3 is 5.97 Å². The van der Waals surface area contributed by atoms with E-state index < -0.39 is 5.97 Å². The van der Waals surface area contributed by atoms with Gasteiger partial charge in [-0.25, -0.2) is 9.37 Å². The Kier molecular flexibility index (Phi) is 8.81. The molecule has 0 saturated heterocycles. The van der Waals surface area contributed by atoms with Crippen LogP contribution in [0.15, 0.2) is 77.2 Å². The molecule has 9 nitrogen and oxygen atoms in total. The quantitative estimate of drug-likeness (QED) is 0.321. The fourth-order valence-electron chi connectivity index (χ4n) is 6.11. The molecule has 1 aliphatic heterocycles. The van der Waals surface area contributed by atoms with Crippen molar-refractivity contribution in [2.45, 2.75) is 57.7 Å². The number of pyridine rings is 1. The van der Waals surface area contributed by atoms with Gasteiger partial charge in [-0.2, -0.15) is 0 Å². The van der Waals surface area contributed by atoms with E-state index in [1.54, 1.807) is 16.8 Å². The van der Waals surface area contributed by atoms with Crippen LogP contribution in [-0.4, -0.2) is 38.3 Å². The summed E-state index contributed by atoms with van der Waals surface area (Å²) in [6.45, 7) is 2.75. The van der Waals surface area contributed by atoms with Crippen LogP contribution in [0.4, 0.5) is 4.39 Å². The number of nitrogens with zero attached hydrogens (tertiary/aromatic N) is 3. The van der Waals surface area contributed by atoms with Gasteiger partial charge in [0, 0.05) is 35.9 Å². The third kappa shape index (κ3) is 6.41. The van der Waals surface area contributed by atoms with Crippen LogP contribution in [0, 0.1) is 11.8 Å². The number of aryl methyl sites for hydroxylation is 1. The Morgan fingerprint density at radius 2 is 2.05 bits per heavy atom. The van der Waals surface area contributed by atoms with Crippen LogP contribution in [-0.2, 0) is 27.4 Å². The molecule has 44 heavy (non-hydrogen) atoms. The average molecular weight is 599 g/mol. The number of unbranched alkanes of at least 4 members (excludes halogenated alkanes) is 1. The minimum absolute atomic E-state index is 0.00507. The van der Waals surface area contributed by atoms with E-state index in [1.165, 1.54) is 12.2 Å². The Morgan fingerprint density at radius 3 is 2.86 bits per heavy atom. The zero-order valence-electron chi connectivity index (χ0n) is 24.5. The number of aliphatic carboxylic acids is 1. The number of hydrogen-bond donors (Lipinski definition) is 2. The van der Waals surface area contributed by atoms with Crippen LogP contribution in [0.1, 0.15) is 50.0 Å². The van der Waals surface area contributed by atoms with Gasteiger partial charge in [-0.1, -0.05) is 49.4 Å². The molecule has 3 aliphatic rings. The van der Waals surface area contributed by atoms with Crippen molar-refractivity contribution in [3.8, 4) is 0 Å². The lowest BCUT2D eigenvalue weighted by molar-refractivity contribution is -0.137. The summed E-state index contributed by atoms with van der Waals surface area (Å²) < 4.78 is 21.3. The fourth-order valence-corrected chi connectivity index (χ4v) is 6.11. The molecular weight excluding hydrogens is 563 g/mol. The molecule has 228 valence electrons. The first-order valence-corrected chi connectivity index (χ1v) is 15.0. The van der Waals surface area contributed by atoms with Crippen LogP contribution < -0.4 is 21.6 Å². The van der Waals surface area contributed by atoms with Crippen molar-refractivity contribution in [1.82, 2.24) is 20.0 Å². The van der Waals surface area contributed by atoms with Crippen molar-refractivity contribution >= 4 is 29.0 Å². The van der Waals surface area contributed by atoms with Gasteiger partial charge in [0.2, 0.25) is 0 Å². The number of aromatic nitrogens is 3. The number of fused-ring (bicyclic) bond motifs is 2. The van der Waals surface area contributed by atoms with E-state index in [4.69, 9.17) is 19.7 Å². The number of hydroxylamine groups is 1. The van der Waals surface area contributed by atoms with Gasteiger partial charge in [0.1, 0.15) is 24.0 Å². The number of halogens is 1. The summed E-state index contributed by atoms with van der Waals surface area (Å²) in [4.78, 5) is 40.1. The number of allylic oxidation sites excluding steroid dienone is 4. The standard InChI is InChI=1S/C34H35FN4O5/c1-21-16-28-29(37-31(9-2-3-10-32(40)41)39(34(28)42)25-13-11-24(35)12-14-25)18-27(21)30-17-26(44-38-30)20-43-19-23-7-4-6-22-8-5-15-36-33(22)23/h4-8,11-13,15-18,21,25,27,30,38H,2-3,9-10,14,19-20H2,1H3,(H,40,41). The molecule has 3 aromatic rings. The van der Waals surface area contributed by atoms with E-state index in [9.17, 15) is 14.0 Å². The molecule has 0 bridgehead atoms. The average Bonchev–Trinajstić information content (AvgIpc) is 3.49. The smallest absolute Gasteiger partial charge is 0.303 e. The van der Waals surface area contributed by atoms with Crippen molar-refractivity contribution in [3.63, 3.8) is 0 Å².